The lowest BCUT2D eigenvalue weighted by molar-refractivity contribution is 0.0906. The molecule has 0 saturated carbocycles. The second-order valence-electron chi connectivity index (χ2n) is 9.82. The van der Waals surface area contributed by atoms with Crippen molar-refractivity contribution in [2.24, 2.45) is 0 Å². The van der Waals surface area contributed by atoms with Gasteiger partial charge >= 0.3 is 0 Å². The van der Waals surface area contributed by atoms with Crippen molar-refractivity contribution in [3.05, 3.63) is 94.9 Å². The maximum absolute atomic E-state index is 12.6. The topological polar surface area (TPSA) is 45.5 Å². The first kappa shape index (κ1) is 23.8. The molecule has 4 nitrogen and oxygen atoms in total. The molecule has 4 heteroatoms. The first-order valence-corrected chi connectivity index (χ1v) is 11.4. The van der Waals surface area contributed by atoms with E-state index >= 15 is 0 Å². The largest absolute Gasteiger partial charge is 0.455 e. The van der Waals surface area contributed by atoms with Crippen molar-refractivity contribution in [3.8, 4) is 0 Å². The smallest absolute Gasteiger partial charge is 0.287 e. The van der Waals surface area contributed by atoms with Crippen LogP contribution in [0.3, 0.4) is 0 Å². The minimum absolute atomic E-state index is 0.0829. The number of furan rings is 1. The summed E-state index contributed by atoms with van der Waals surface area (Å²) in [5.74, 6) is 0.949. The van der Waals surface area contributed by atoms with Crippen LogP contribution < -0.4 is 5.32 Å². The van der Waals surface area contributed by atoms with E-state index in [1.165, 1.54) is 11.1 Å². The van der Waals surface area contributed by atoms with Gasteiger partial charge in [0, 0.05) is 12.6 Å². The van der Waals surface area contributed by atoms with Crippen LogP contribution in [0.2, 0.25) is 0 Å². The fourth-order valence-corrected chi connectivity index (χ4v) is 3.64. The Morgan fingerprint density at radius 2 is 1.56 bits per heavy atom. The summed E-state index contributed by atoms with van der Waals surface area (Å²) in [5.41, 5.74) is 3.83. The van der Waals surface area contributed by atoms with Crippen LogP contribution in [0.5, 0.6) is 0 Å². The van der Waals surface area contributed by atoms with E-state index in [1.54, 1.807) is 6.07 Å². The number of rotatable bonds is 8. The average molecular weight is 433 g/mol. The van der Waals surface area contributed by atoms with E-state index in [4.69, 9.17) is 4.42 Å². The van der Waals surface area contributed by atoms with Crippen molar-refractivity contribution in [1.82, 2.24) is 10.2 Å². The van der Waals surface area contributed by atoms with E-state index in [0.717, 1.165) is 17.9 Å². The highest BCUT2D eigenvalue weighted by Gasteiger charge is 2.18. The molecule has 0 saturated heterocycles. The SMILES string of the molecule is CC(NC(=O)c1ccc(CN(Cc2ccc(C(C)(C)C)cc2)C(C)C)o1)c1ccccc1. The molecule has 1 amide bonds. The van der Waals surface area contributed by atoms with Gasteiger partial charge in [-0.2, -0.15) is 0 Å². The summed E-state index contributed by atoms with van der Waals surface area (Å²) in [6.45, 7) is 14.5. The quantitative estimate of drug-likeness (QED) is 0.443. The lowest BCUT2D eigenvalue weighted by Crippen LogP contribution is -2.29. The van der Waals surface area contributed by atoms with Crippen LogP contribution in [0.4, 0.5) is 0 Å². The number of nitrogens with one attached hydrogen (secondary N) is 1. The number of hydrogen-bond acceptors (Lipinski definition) is 3. The van der Waals surface area contributed by atoms with Gasteiger partial charge in [0.25, 0.3) is 5.91 Å². The van der Waals surface area contributed by atoms with Gasteiger partial charge in [-0.1, -0.05) is 75.4 Å². The fraction of sp³-hybridized carbons (Fsp3) is 0.393. The second kappa shape index (κ2) is 10.2. The predicted octanol–water partition coefficient (Wildman–Crippen LogP) is 6.48. The van der Waals surface area contributed by atoms with E-state index in [9.17, 15) is 4.79 Å². The molecule has 1 atom stereocenters. The van der Waals surface area contributed by atoms with Gasteiger partial charge in [-0.3, -0.25) is 9.69 Å². The van der Waals surface area contributed by atoms with E-state index in [1.807, 2.05) is 43.3 Å². The van der Waals surface area contributed by atoms with E-state index in [2.05, 4.69) is 69.1 Å². The van der Waals surface area contributed by atoms with E-state index in [0.29, 0.717) is 18.3 Å². The summed E-state index contributed by atoms with van der Waals surface area (Å²) >= 11 is 0. The van der Waals surface area contributed by atoms with Crippen LogP contribution in [-0.4, -0.2) is 16.8 Å². The number of carbonyl (C=O) groups is 1. The first-order valence-electron chi connectivity index (χ1n) is 11.4. The van der Waals surface area contributed by atoms with Gasteiger partial charge < -0.3 is 9.73 Å². The molecule has 0 spiro atoms. The van der Waals surface area contributed by atoms with Gasteiger partial charge in [0.15, 0.2) is 5.76 Å². The average Bonchev–Trinajstić information content (AvgIpc) is 3.22. The Hall–Kier alpha value is -2.85. The van der Waals surface area contributed by atoms with Gasteiger partial charge in [0.2, 0.25) is 0 Å². The highest BCUT2D eigenvalue weighted by atomic mass is 16.4. The van der Waals surface area contributed by atoms with Crippen molar-refractivity contribution in [3.63, 3.8) is 0 Å². The van der Waals surface area contributed by atoms with Gasteiger partial charge in [-0.25, -0.2) is 0 Å². The molecule has 0 fully saturated rings. The van der Waals surface area contributed by atoms with Crippen molar-refractivity contribution in [2.45, 2.75) is 72.1 Å². The van der Waals surface area contributed by atoms with E-state index in [-0.39, 0.29) is 17.4 Å². The highest BCUT2D eigenvalue weighted by Crippen LogP contribution is 2.23. The normalized spacial score (nSPS) is 12.9. The maximum Gasteiger partial charge on any atom is 0.287 e. The molecule has 0 aliphatic rings. The minimum Gasteiger partial charge on any atom is -0.455 e. The van der Waals surface area contributed by atoms with Crippen LogP contribution in [0.25, 0.3) is 0 Å². The molecule has 1 unspecified atom stereocenters. The second-order valence-corrected chi connectivity index (χ2v) is 9.82. The zero-order valence-corrected chi connectivity index (χ0v) is 20.2. The van der Waals surface area contributed by atoms with Crippen LogP contribution in [0.15, 0.2) is 71.1 Å². The lowest BCUT2D eigenvalue weighted by atomic mass is 9.87. The number of benzene rings is 2. The molecule has 32 heavy (non-hydrogen) atoms. The number of hydrogen-bond donors (Lipinski definition) is 1. The van der Waals surface area contributed by atoms with Crippen molar-refractivity contribution >= 4 is 5.91 Å². The molecule has 1 heterocycles. The number of carbonyl (C=O) groups excluding carboxylic acids is 1. The minimum atomic E-state index is -0.193. The monoisotopic (exact) mass is 432 g/mol. The molecule has 0 radical (unpaired) electrons. The Morgan fingerprint density at radius 3 is 2.16 bits per heavy atom. The third-order valence-corrected chi connectivity index (χ3v) is 5.83. The Kier molecular flexibility index (Phi) is 7.57. The Balaban J connectivity index is 1.63. The van der Waals surface area contributed by atoms with Gasteiger partial charge in [0.1, 0.15) is 5.76 Å². The van der Waals surface area contributed by atoms with Crippen molar-refractivity contribution in [1.29, 1.82) is 0 Å². The zero-order chi connectivity index (χ0) is 23.3. The molecule has 170 valence electrons. The molecule has 3 aromatic rings. The molecule has 0 bridgehead atoms. The molecule has 3 rings (SSSR count). The Bertz CT molecular complexity index is 998. The standard InChI is InChI=1S/C28H36N2O2/c1-20(2)30(18-22-12-14-24(15-13-22)28(4,5)6)19-25-16-17-26(32-25)27(31)29-21(3)23-10-8-7-9-11-23/h7-17,20-21H,18-19H2,1-6H3,(H,29,31). The molecule has 0 aliphatic carbocycles. The van der Waals surface area contributed by atoms with Gasteiger partial charge in [-0.15, -0.1) is 0 Å². The van der Waals surface area contributed by atoms with Gasteiger partial charge in [-0.05, 0) is 55.0 Å². The summed E-state index contributed by atoms with van der Waals surface area (Å²) in [6.07, 6.45) is 0. The van der Waals surface area contributed by atoms with Gasteiger partial charge in [0.05, 0.1) is 12.6 Å². The molecular formula is C28H36N2O2. The van der Waals surface area contributed by atoms with Crippen LogP contribution in [-0.2, 0) is 18.5 Å². The van der Waals surface area contributed by atoms with Crippen LogP contribution >= 0.6 is 0 Å². The van der Waals surface area contributed by atoms with Crippen LogP contribution in [0.1, 0.15) is 80.6 Å². The summed E-state index contributed by atoms with van der Waals surface area (Å²) in [7, 11) is 0. The fourth-order valence-electron chi connectivity index (χ4n) is 3.64. The van der Waals surface area contributed by atoms with Crippen molar-refractivity contribution in [2.75, 3.05) is 0 Å². The molecule has 1 aromatic heterocycles. The molecule has 1 N–H and O–H groups in total. The summed E-state index contributed by atoms with van der Waals surface area (Å²) in [5, 5.41) is 3.01. The summed E-state index contributed by atoms with van der Waals surface area (Å²) < 4.78 is 5.91. The lowest BCUT2D eigenvalue weighted by Gasteiger charge is -2.26. The highest BCUT2D eigenvalue weighted by molar-refractivity contribution is 5.91. The maximum atomic E-state index is 12.6. The molecular weight excluding hydrogens is 396 g/mol. The zero-order valence-electron chi connectivity index (χ0n) is 20.2. The first-order chi connectivity index (χ1) is 15.1. The third kappa shape index (κ3) is 6.33. The van der Waals surface area contributed by atoms with E-state index < -0.39 is 0 Å². The summed E-state index contributed by atoms with van der Waals surface area (Å²) in [4.78, 5) is 15.0. The Labute approximate surface area is 192 Å². The summed E-state index contributed by atoms with van der Waals surface area (Å²) in [6, 6.07) is 22.7. The predicted molar refractivity (Wildman–Crippen MR) is 131 cm³/mol. The molecule has 2 aromatic carbocycles. The molecule has 0 aliphatic heterocycles. The number of nitrogens with zero attached hydrogens (tertiary/aromatic N) is 1. The Morgan fingerprint density at radius 1 is 0.906 bits per heavy atom. The van der Waals surface area contributed by atoms with Crippen molar-refractivity contribution < 1.29 is 9.21 Å². The van der Waals surface area contributed by atoms with Crippen LogP contribution in [0, 0.1) is 0 Å². The third-order valence-electron chi connectivity index (χ3n) is 5.83. The number of amides is 1.